The van der Waals surface area contributed by atoms with Gasteiger partial charge < -0.3 is 14.4 Å². The molecule has 24 heavy (non-hydrogen) atoms. The highest BCUT2D eigenvalue weighted by Gasteiger charge is 2.36. The van der Waals surface area contributed by atoms with E-state index in [1.54, 1.807) is 0 Å². The van der Waals surface area contributed by atoms with E-state index in [-0.39, 0.29) is 30.4 Å². The maximum atomic E-state index is 12.4. The van der Waals surface area contributed by atoms with Crippen LogP contribution < -0.4 is 0 Å². The van der Waals surface area contributed by atoms with E-state index in [4.69, 9.17) is 9.47 Å². The van der Waals surface area contributed by atoms with Gasteiger partial charge in [0.1, 0.15) is 12.1 Å². The van der Waals surface area contributed by atoms with Gasteiger partial charge in [0.15, 0.2) is 0 Å². The Morgan fingerprint density at radius 3 is 2.21 bits per heavy atom. The summed E-state index contributed by atoms with van der Waals surface area (Å²) in [5, 5.41) is 0. The third-order valence-electron chi connectivity index (χ3n) is 4.58. The molecule has 0 N–H and O–H groups in total. The van der Waals surface area contributed by atoms with Crippen molar-refractivity contribution in [3.8, 4) is 0 Å². The second kappa shape index (κ2) is 7.40. The van der Waals surface area contributed by atoms with E-state index in [0.29, 0.717) is 13.1 Å². The van der Waals surface area contributed by atoms with Crippen LogP contribution in [0.1, 0.15) is 46.5 Å². The highest BCUT2D eigenvalue weighted by atomic mass is 16.6. The molecule has 2 aliphatic rings. The van der Waals surface area contributed by atoms with Gasteiger partial charge >= 0.3 is 12.1 Å². The van der Waals surface area contributed by atoms with Crippen LogP contribution in [0.5, 0.6) is 0 Å². The summed E-state index contributed by atoms with van der Waals surface area (Å²) in [5.41, 5.74) is -0.566. The summed E-state index contributed by atoms with van der Waals surface area (Å²) >= 11 is 0. The first kappa shape index (κ1) is 18.5. The minimum atomic E-state index is -0.566. The van der Waals surface area contributed by atoms with E-state index in [9.17, 15) is 14.4 Å². The van der Waals surface area contributed by atoms with Crippen molar-refractivity contribution < 1.29 is 23.9 Å². The van der Waals surface area contributed by atoms with Crippen molar-refractivity contribution >= 4 is 18.0 Å². The smallest absolute Gasteiger partial charge is 0.410 e. The minimum Gasteiger partial charge on any atom is -0.469 e. The van der Waals surface area contributed by atoms with E-state index in [1.807, 2.05) is 25.7 Å². The number of nitrogens with zero attached hydrogens (tertiary/aromatic N) is 2. The van der Waals surface area contributed by atoms with E-state index in [2.05, 4.69) is 0 Å². The molecule has 1 heterocycles. The van der Waals surface area contributed by atoms with Gasteiger partial charge in [-0.15, -0.1) is 0 Å². The van der Waals surface area contributed by atoms with Gasteiger partial charge in [0.2, 0.25) is 5.91 Å². The van der Waals surface area contributed by atoms with Crippen molar-refractivity contribution in [3.63, 3.8) is 0 Å². The molecule has 2 amide bonds. The summed E-state index contributed by atoms with van der Waals surface area (Å²) in [7, 11) is 1.41. The topological polar surface area (TPSA) is 76.2 Å². The molecule has 0 unspecified atom stereocenters. The Balaban J connectivity index is 1.85. The molecule has 0 spiro atoms. The minimum absolute atomic E-state index is 0.0476. The normalized spacial score (nSPS) is 25.4. The third kappa shape index (κ3) is 4.61. The first-order valence-corrected chi connectivity index (χ1v) is 8.56. The molecule has 1 aliphatic carbocycles. The summed E-state index contributed by atoms with van der Waals surface area (Å²) in [6.07, 6.45) is 2.66. The van der Waals surface area contributed by atoms with Crippen LogP contribution in [0.15, 0.2) is 0 Å². The third-order valence-corrected chi connectivity index (χ3v) is 4.58. The summed E-state index contributed by atoms with van der Waals surface area (Å²) in [6, 6.07) is 0.152. The average molecular weight is 340 g/mol. The molecule has 0 aromatic carbocycles. The lowest BCUT2D eigenvalue weighted by Crippen LogP contribution is -2.56. The Morgan fingerprint density at radius 2 is 1.71 bits per heavy atom. The Morgan fingerprint density at radius 1 is 1.08 bits per heavy atom. The van der Waals surface area contributed by atoms with Crippen LogP contribution in [0.25, 0.3) is 0 Å². The molecule has 1 saturated carbocycles. The molecule has 0 radical (unpaired) electrons. The van der Waals surface area contributed by atoms with E-state index in [0.717, 1.165) is 25.7 Å². The van der Waals surface area contributed by atoms with Crippen molar-refractivity contribution in [2.45, 2.75) is 58.1 Å². The maximum Gasteiger partial charge on any atom is 0.410 e. The summed E-state index contributed by atoms with van der Waals surface area (Å²) < 4.78 is 10.1. The fourth-order valence-electron chi connectivity index (χ4n) is 3.34. The predicted molar refractivity (Wildman–Crippen MR) is 87.3 cm³/mol. The highest BCUT2D eigenvalue weighted by molar-refractivity contribution is 5.84. The number of hydrogen-bond donors (Lipinski definition) is 0. The van der Waals surface area contributed by atoms with Gasteiger partial charge in [0, 0.05) is 19.1 Å². The first-order chi connectivity index (χ1) is 11.2. The van der Waals surface area contributed by atoms with Crippen LogP contribution in [-0.4, -0.2) is 66.2 Å². The van der Waals surface area contributed by atoms with Crippen LogP contribution in [0.2, 0.25) is 0 Å². The summed E-state index contributed by atoms with van der Waals surface area (Å²) in [4.78, 5) is 39.4. The second-order valence-corrected chi connectivity index (χ2v) is 7.52. The molecule has 0 bridgehead atoms. The van der Waals surface area contributed by atoms with Crippen LogP contribution in [-0.2, 0) is 19.1 Å². The van der Waals surface area contributed by atoms with Crippen LogP contribution in [0, 0.1) is 5.92 Å². The predicted octanol–water partition coefficient (Wildman–Crippen LogP) is 1.80. The number of ether oxygens (including phenoxy) is 2. The number of hydrogen-bond acceptors (Lipinski definition) is 5. The monoisotopic (exact) mass is 340 g/mol. The van der Waals surface area contributed by atoms with Crippen LogP contribution >= 0.6 is 0 Å². The molecule has 7 nitrogen and oxygen atoms in total. The van der Waals surface area contributed by atoms with E-state index < -0.39 is 11.7 Å². The van der Waals surface area contributed by atoms with Gasteiger partial charge in [-0.1, -0.05) is 0 Å². The zero-order valence-electron chi connectivity index (χ0n) is 15.0. The molecule has 136 valence electrons. The van der Waals surface area contributed by atoms with Crippen molar-refractivity contribution in [1.82, 2.24) is 9.80 Å². The Labute approximate surface area is 143 Å². The first-order valence-electron chi connectivity index (χ1n) is 8.56. The van der Waals surface area contributed by atoms with Gasteiger partial charge in [0.25, 0.3) is 0 Å². The number of piperazine rings is 1. The summed E-state index contributed by atoms with van der Waals surface area (Å²) in [6.45, 7) is 6.49. The molecule has 0 aromatic rings. The highest BCUT2D eigenvalue weighted by Crippen LogP contribution is 2.29. The van der Waals surface area contributed by atoms with Crippen LogP contribution in [0.3, 0.4) is 0 Å². The number of methoxy groups -OCH3 is 1. The number of carbonyl (C=O) groups is 3. The molecule has 1 saturated heterocycles. The molecule has 2 rings (SSSR count). The Bertz CT molecular complexity index is 492. The lowest BCUT2D eigenvalue weighted by molar-refractivity contribution is -0.147. The van der Waals surface area contributed by atoms with Gasteiger partial charge in [-0.2, -0.15) is 0 Å². The molecular weight excluding hydrogens is 312 g/mol. The Hall–Kier alpha value is -1.79. The fourth-order valence-corrected chi connectivity index (χ4v) is 3.34. The molecule has 0 aromatic heterocycles. The lowest BCUT2D eigenvalue weighted by Gasteiger charge is -2.41. The largest absolute Gasteiger partial charge is 0.469 e. The van der Waals surface area contributed by atoms with Crippen molar-refractivity contribution in [1.29, 1.82) is 0 Å². The zero-order chi connectivity index (χ0) is 17.9. The van der Waals surface area contributed by atoms with E-state index in [1.165, 1.54) is 12.0 Å². The van der Waals surface area contributed by atoms with Gasteiger partial charge in [-0.25, -0.2) is 4.79 Å². The van der Waals surface area contributed by atoms with E-state index >= 15 is 0 Å². The number of esters is 1. The van der Waals surface area contributed by atoms with Gasteiger partial charge in [0.05, 0.1) is 13.0 Å². The molecule has 0 atom stereocenters. The fraction of sp³-hybridized carbons (Fsp3) is 0.824. The maximum absolute atomic E-state index is 12.4. The number of amides is 2. The quantitative estimate of drug-likeness (QED) is 0.717. The average Bonchev–Trinajstić information content (AvgIpc) is 2.52. The molecule has 1 aliphatic heterocycles. The van der Waals surface area contributed by atoms with Crippen molar-refractivity contribution in [3.05, 3.63) is 0 Å². The molecular formula is C17H28N2O5. The lowest BCUT2D eigenvalue weighted by atomic mass is 9.85. The number of carbonyl (C=O) groups excluding carboxylic acids is 3. The summed E-state index contributed by atoms with van der Waals surface area (Å²) in [5.74, 6) is -0.257. The SMILES string of the molecule is COC(=O)C1CCC(N2CCN(C(=O)OC(C)(C)C)CC2=O)CC1. The Kier molecular flexibility index (Phi) is 5.72. The van der Waals surface area contributed by atoms with Gasteiger partial charge in [-0.3, -0.25) is 14.5 Å². The van der Waals surface area contributed by atoms with Crippen molar-refractivity contribution in [2.75, 3.05) is 26.7 Å². The molecule has 7 heteroatoms. The zero-order valence-corrected chi connectivity index (χ0v) is 15.0. The second-order valence-electron chi connectivity index (χ2n) is 7.52. The van der Waals surface area contributed by atoms with Crippen molar-refractivity contribution in [2.24, 2.45) is 5.92 Å². The molecule has 2 fully saturated rings. The van der Waals surface area contributed by atoms with Gasteiger partial charge in [-0.05, 0) is 46.5 Å². The van der Waals surface area contributed by atoms with Crippen LogP contribution in [0.4, 0.5) is 4.79 Å². The standard InChI is InChI=1S/C17H28N2O5/c1-17(2,3)24-16(22)18-9-10-19(14(20)11-18)13-7-5-12(6-8-13)15(21)23-4/h12-13H,5-11H2,1-4H3. The number of rotatable bonds is 2.